The zero-order valence-electron chi connectivity index (χ0n) is 26.0. The third-order valence-electron chi connectivity index (χ3n) is 6.87. The molecule has 0 heterocycles. The average Bonchev–Trinajstić information content (AvgIpc) is 2.98. The minimum atomic E-state index is -1.24. The van der Waals surface area contributed by atoms with Crippen LogP contribution < -0.4 is 21.4 Å². The lowest BCUT2D eigenvalue weighted by atomic mass is 9.98. The highest BCUT2D eigenvalue weighted by atomic mass is 19.1. The van der Waals surface area contributed by atoms with E-state index < -0.39 is 54.0 Å². The van der Waals surface area contributed by atoms with E-state index in [1.54, 1.807) is 39.8 Å². The summed E-state index contributed by atoms with van der Waals surface area (Å²) in [4.78, 5) is 50.5. The molecule has 13 heteroatoms. The Morgan fingerprint density at radius 2 is 1.30 bits per heavy atom. The molecule has 4 atom stereocenters. The number of hydrogen-bond donors (Lipinski definition) is 5. The fraction of sp³-hybridized carbons (Fsp3) is 0.484. The molecule has 0 aliphatic rings. The number of nitrogens with one attached hydrogen (secondary N) is 4. The van der Waals surface area contributed by atoms with Crippen LogP contribution in [0.2, 0.25) is 0 Å². The molecule has 0 bridgehead atoms. The fourth-order valence-corrected chi connectivity index (χ4v) is 4.40. The van der Waals surface area contributed by atoms with E-state index in [9.17, 15) is 28.7 Å². The second kappa shape index (κ2) is 17.8. The van der Waals surface area contributed by atoms with Crippen molar-refractivity contribution in [2.45, 2.75) is 64.9 Å². The van der Waals surface area contributed by atoms with Gasteiger partial charge in [0.05, 0.1) is 26.4 Å². The number of alkyl carbamates (subject to hydrolysis) is 2. The van der Waals surface area contributed by atoms with Crippen molar-refractivity contribution in [1.29, 1.82) is 0 Å². The Kier molecular flexibility index (Phi) is 14.5. The first-order chi connectivity index (χ1) is 20.8. The van der Waals surface area contributed by atoms with E-state index in [4.69, 9.17) is 0 Å². The van der Waals surface area contributed by atoms with Crippen molar-refractivity contribution in [3.63, 3.8) is 0 Å². The molecular formula is C31H44FN5O7. The van der Waals surface area contributed by atoms with Crippen molar-refractivity contribution < 1.29 is 38.1 Å². The number of carbonyl (C=O) groups is 4. The molecule has 44 heavy (non-hydrogen) atoms. The molecule has 0 unspecified atom stereocenters. The maximum absolute atomic E-state index is 13.6. The van der Waals surface area contributed by atoms with Crippen LogP contribution >= 0.6 is 0 Å². The van der Waals surface area contributed by atoms with Crippen molar-refractivity contribution in [2.75, 3.05) is 20.8 Å². The van der Waals surface area contributed by atoms with Crippen molar-refractivity contribution in [2.24, 2.45) is 11.8 Å². The molecule has 0 spiro atoms. The summed E-state index contributed by atoms with van der Waals surface area (Å²) < 4.78 is 22.9. The summed E-state index contributed by atoms with van der Waals surface area (Å²) in [5.74, 6) is -2.13. The number of rotatable bonds is 15. The molecule has 0 radical (unpaired) electrons. The Balaban J connectivity index is 2.37. The Labute approximate surface area is 257 Å². The number of aliphatic hydroxyl groups excluding tert-OH is 1. The molecule has 2 rings (SSSR count). The van der Waals surface area contributed by atoms with Crippen molar-refractivity contribution in [3.05, 3.63) is 71.5 Å². The first-order valence-electron chi connectivity index (χ1n) is 14.4. The van der Waals surface area contributed by atoms with Gasteiger partial charge in [0.2, 0.25) is 5.91 Å². The molecule has 0 aliphatic carbocycles. The molecule has 12 nitrogen and oxygen atoms in total. The predicted molar refractivity (Wildman–Crippen MR) is 161 cm³/mol. The molecule has 2 aromatic rings. The van der Waals surface area contributed by atoms with Crippen LogP contribution in [0.3, 0.4) is 0 Å². The Bertz CT molecular complexity index is 1210. The van der Waals surface area contributed by atoms with Crippen LogP contribution in [0.4, 0.5) is 14.0 Å². The van der Waals surface area contributed by atoms with Crippen LogP contribution in [-0.4, -0.2) is 79.1 Å². The van der Waals surface area contributed by atoms with E-state index in [0.29, 0.717) is 5.56 Å². The van der Waals surface area contributed by atoms with E-state index >= 15 is 0 Å². The van der Waals surface area contributed by atoms with Gasteiger partial charge in [0.25, 0.3) is 5.91 Å². The summed E-state index contributed by atoms with van der Waals surface area (Å²) in [5, 5.41) is 20.9. The van der Waals surface area contributed by atoms with Gasteiger partial charge in [-0.1, -0.05) is 70.2 Å². The molecule has 0 saturated carbocycles. The monoisotopic (exact) mass is 617 g/mol. The van der Waals surface area contributed by atoms with Gasteiger partial charge in [0, 0.05) is 13.1 Å². The van der Waals surface area contributed by atoms with Crippen molar-refractivity contribution >= 4 is 24.0 Å². The molecule has 0 fully saturated rings. The average molecular weight is 618 g/mol. The van der Waals surface area contributed by atoms with Gasteiger partial charge in [0.15, 0.2) is 0 Å². The molecule has 5 N–H and O–H groups in total. The number of aliphatic hydroxyl groups is 1. The zero-order chi connectivity index (χ0) is 32.8. The van der Waals surface area contributed by atoms with Crippen LogP contribution in [-0.2, 0) is 32.0 Å². The third kappa shape index (κ3) is 11.8. The fourth-order valence-electron chi connectivity index (χ4n) is 4.40. The largest absolute Gasteiger partial charge is 0.453 e. The molecule has 0 aromatic heterocycles. The standard InChI is InChI=1S/C31H44FN5O7/c1-19(2)26(34-30(41)43-5)28(39)33-24(16-21-10-8-7-9-11-21)25(38)18-37(17-22-12-14-23(32)15-13-22)36-29(40)27(20(3)4)35-31(42)44-6/h7-15,19-20,24-27,38H,16-18H2,1-6H3,(H,33,39)(H,34,41)(H,35,42)(H,36,40)/t24-,25-,26-,27-/m0/s1. The van der Waals surface area contributed by atoms with Gasteiger partial charge in [-0.25, -0.2) is 19.0 Å². The van der Waals surface area contributed by atoms with E-state index in [0.717, 1.165) is 5.56 Å². The van der Waals surface area contributed by atoms with Gasteiger partial charge in [-0.15, -0.1) is 0 Å². The zero-order valence-corrected chi connectivity index (χ0v) is 26.0. The SMILES string of the molecule is COC(=O)N[C@H](C(=O)N[C@@H](Cc1ccccc1)[C@@H](O)CN(Cc1ccc(F)cc1)NC(=O)[C@@H](NC(=O)OC)C(C)C)C(C)C. The molecule has 242 valence electrons. The number of halogens is 1. The lowest BCUT2D eigenvalue weighted by Gasteiger charge is -2.33. The van der Waals surface area contributed by atoms with Crippen LogP contribution in [0.15, 0.2) is 54.6 Å². The van der Waals surface area contributed by atoms with Crippen molar-refractivity contribution in [1.82, 2.24) is 26.4 Å². The van der Waals surface area contributed by atoms with Crippen molar-refractivity contribution in [3.8, 4) is 0 Å². The molecule has 2 aromatic carbocycles. The molecule has 4 amide bonds. The first-order valence-corrected chi connectivity index (χ1v) is 14.4. The summed E-state index contributed by atoms with van der Waals surface area (Å²) >= 11 is 0. The van der Waals surface area contributed by atoms with Gasteiger partial charge in [0.1, 0.15) is 17.9 Å². The summed E-state index contributed by atoms with van der Waals surface area (Å²) in [6.45, 7) is 6.92. The first kappa shape index (κ1) is 36.0. The summed E-state index contributed by atoms with van der Waals surface area (Å²) in [6.07, 6.45) is -2.56. The second-order valence-electron chi connectivity index (χ2n) is 11.1. The second-order valence-corrected chi connectivity index (χ2v) is 11.1. The quantitative estimate of drug-likeness (QED) is 0.191. The maximum Gasteiger partial charge on any atom is 0.407 e. The Morgan fingerprint density at radius 1 is 0.773 bits per heavy atom. The number of nitrogens with zero attached hydrogens (tertiary/aromatic N) is 1. The van der Waals surface area contributed by atoms with Gasteiger partial charge < -0.3 is 30.5 Å². The number of carbonyl (C=O) groups excluding carboxylic acids is 4. The Morgan fingerprint density at radius 3 is 1.80 bits per heavy atom. The lowest BCUT2D eigenvalue weighted by molar-refractivity contribution is -0.131. The summed E-state index contributed by atoms with van der Waals surface area (Å²) in [6, 6.07) is 12.1. The van der Waals surface area contributed by atoms with E-state index in [1.165, 1.54) is 31.4 Å². The van der Waals surface area contributed by atoms with E-state index in [2.05, 4.69) is 30.8 Å². The predicted octanol–water partition coefficient (Wildman–Crippen LogP) is 2.51. The highest BCUT2D eigenvalue weighted by molar-refractivity contribution is 5.86. The number of amides is 4. The van der Waals surface area contributed by atoms with Gasteiger partial charge in [-0.05, 0) is 41.5 Å². The van der Waals surface area contributed by atoms with E-state index in [1.807, 2.05) is 30.3 Å². The number of benzene rings is 2. The van der Waals surface area contributed by atoms with E-state index in [-0.39, 0.29) is 31.3 Å². The number of methoxy groups -OCH3 is 2. The smallest absolute Gasteiger partial charge is 0.407 e. The van der Waals surface area contributed by atoms with Gasteiger partial charge >= 0.3 is 12.2 Å². The van der Waals surface area contributed by atoms with Crippen LogP contribution in [0.25, 0.3) is 0 Å². The highest BCUT2D eigenvalue weighted by Gasteiger charge is 2.32. The number of ether oxygens (including phenoxy) is 2. The lowest BCUT2D eigenvalue weighted by Crippen LogP contribution is -2.59. The van der Waals surface area contributed by atoms with Gasteiger partial charge in [-0.2, -0.15) is 0 Å². The van der Waals surface area contributed by atoms with Crippen LogP contribution in [0.5, 0.6) is 0 Å². The molecule has 0 saturated heterocycles. The van der Waals surface area contributed by atoms with Crippen LogP contribution in [0, 0.1) is 17.7 Å². The van der Waals surface area contributed by atoms with Crippen LogP contribution in [0.1, 0.15) is 38.8 Å². The molecule has 0 aliphatic heterocycles. The molecular weight excluding hydrogens is 573 g/mol. The Hall–Kier alpha value is -4.23. The summed E-state index contributed by atoms with van der Waals surface area (Å²) in [5.41, 5.74) is 4.21. The highest BCUT2D eigenvalue weighted by Crippen LogP contribution is 2.13. The number of hydrazine groups is 1. The van der Waals surface area contributed by atoms with Gasteiger partial charge in [-0.3, -0.25) is 15.0 Å². The maximum atomic E-state index is 13.6. The third-order valence-corrected chi connectivity index (χ3v) is 6.87. The topological polar surface area (TPSA) is 158 Å². The summed E-state index contributed by atoms with van der Waals surface area (Å²) in [7, 11) is 2.38. The normalized spacial score (nSPS) is 13.9. The minimum Gasteiger partial charge on any atom is -0.453 e. The number of hydrogen-bond acceptors (Lipinski definition) is 8. The minimum absolute atomic E-state index is 0.0661.